The van der Waals surface area contributed by atoms with E-state index in [4.69, 9.17) is 0 Å². The topological polar surface area (TPSA) is 43.7 Å². The number of benzene rings is 2. The highest BCUT2D eigenvalue weighted by Crippen LogP contribution is 2.35. The summed E-state index contributed by atoms with van der Waals surface area (Å²) in [5, 5.41) is 19.9. The van der Waals surface area contributed by atoms with Gasteiger partial charge in [0.15, 0.2) is 0 Å². The van der Waals surface area contributed by atoms with E-state index in [1.165, 1.54) is 11.1 Å². The molecule has 1 aliphatic rings. The maximum atomic E-state index is 10.2. The second-order valence-electron chi connectivity index (χ2n) is 8.96. The average Bonchev–Trinajstić information content (AvgIpc) is 2.72. The Hall–Kier alpha value is -2.12. The predicted molar refractivity (Wildman–Crippen MR) is 118 cm³/mol. The molecule has 2 N–H and O–H groups in total. The number of rotatable bonds is 6. The third-order valence-electron chi connectivity index (χ3n) is 5.74. The molecule has 0 saturated carbocycles. The lowest BCUT2D eigenvalue weighted by atomic mass is 9.76. The lowest BCUT2D eigenvalue weighted by Gasteiger charge is -2.42. The molecule has 0 aliphatic carbocycles. The van der Waals surface area contributed by atoms with Crippen molar-refractivity contribution in [2.45, 2.75) is 51.7 Å². The van der Waals surface area contributed by atoms with Gasteiger partial charge in [-0.1, -0.05) is 54.3 Å². The third kappa shape index (κ3) is 6.72. The van der Waals surface area contributed by atoms with Gasteiger partial charge < -0.3 is 10.2 Å². The van der Waals surface area contributed by atoms with E-state index in [9.17, 15) is 10.2 Å². The number of piperidine rings is 1. The molecule has 0 radical (unpaired) electrons. The molecule has 2 aromatic rings. The standard InChI is InChI=1S/C26H33NO2/c1-25(2,29)16-13-23-9-11-24(12-10-23)19-27-18-6-15-26(20-27,21-28)17-14-22-7-4-3-5-8-22/h3-5,7-12,28-29H,6,14-15,17-21H2,1-2H3/t26-/m1/s1. The van der Waals surface area contributed by atoms with Gasteiger partial charge in [0, 0.05) is 30.7 Å². The molecule has 0 amide bonds. The fraction of sp³-hybridized carbons (Fsp3) is 0.462. The molecule has 154 valence electrons. The van der Waals surface area contributed by atoms with Gasteiger partial charge in [0.25, 0.3) is 0 Å². The van der Waals surface area contributed by atoms with Gasteiger partial charge in [0.2, 0.25) is 0 Å². The van der Waals surface area contributed by atoms with Gasteiger partial charge in [-0.05, 0) is 69.3 Å². The minimum atomic E-state index is -0.972. The van der Waals surface area contributed by atoms with Crippen LogP contribution in [-0.2, 0) is 13.0 Å². The summed E-state index contributed by atoms with van der Waals surface area (Å²) in [5.41, 5.74) is 2.55. The lowest BCUT2D eigenvalue weighted by molar-refractivity contribution is 0.0224. The van der Waals surface area contributed by atoms with Crippen LogP contribution in [0, 0.1) is 17.3 Å². The van der Waals surface area contributed by atoms with E-state index >= 15 is 0 Å². The molecule has 3 nitrogen and oxygen atoms in total. The van der Waals surface area contributed by atoms with E-state index in [1.54, 1.807) is 13.8 Å². The minimum Gasteiger partial charge on any atom is -0.396 e. The van der Waals surface area contributed by atoms with Gasteiger partial charge in [0.05, 0.1) is 0 Å². The number of hydrogen-bond donors (Lipinski definition) is 2. The predicted octanol–water partition coefficient (Wildman–Crippen LogP) is 4.02. The summed E-state index contributed by atoms with van der Waals surface area (Å²) in [7, 11) is 0. The fourth-order valence-corrected chi connectivity index (χ4v) is 4.09. The molecule has 0 unspecified atom stereocenters. The molecule has 1 fully saturated rings. The van der Waals surface area contributed by atoms with Gasteiger partial charge >= 0.3 is 0 Å². The van der Waals surface area contributed by atoms with Crippen molar-refractivity contribution < 1.29 is 10.2 Å². The molecule has 2 aromatic carbocycles. The van der Waals surface area contributed by atoms with E-state index < -0.39 is 5.60 Å². The van der Waals surface area contributed by atoms with Crippen LogP contribution in [0.3, 0.4) is 0 Å². The van der Waals surface area contributed by atoms with Crippen molar-refractivity contribution in [3.8, 4) is 11.8 Å². The Kier molecular flexibility index (Phi) is 7.14. The van der Waals surface area contributed by atoms with Crippen LogP contribution in [0.15, 0.2) is 54.6 Å². The van der Waals surface area contributed by atoms with Crippen molar-refractivity contribution in [2.24, 2.45) is 5.41 Å². The second-order valence-corrected chi connectivity index (χ2v) is 8.96. The first-order valence-electron chi connectivity index (χ1n) is 10.6. The van der Waals surface area contributed by atoms with Gasteiger partial charge in [-0.2, -0.15) is 0 Å². The van der Waals surface area contributed by atoms with Crippen LogP contribution in [0.5, 0.6) is 0 Å². The van der Waals surface area contributed by atoms with Crippen LogP contribution in [-0.4, -0.2) is 40.4 Å². The van der Waals surface area contributed by atoms with Crippen LogP contribution in [0.4, 0.5) is 0 Å². The third-order valence-corrected chi connectivity index (χ3v) is 5.74. The zero-order valence-electron chi connectivity index (χ0n) is 17.7. The lowest BCUT2D eigenvalue weighted by Crippen LogP contribution is -2.45. The first-order chi connectivity index (χ1) is 13.9. The quantitative estimate of drug-likeness (QED) is 0.731. The normalized spacial score (nSPS) is 20.1. The molecule has 1 saturated heterocycles. The summed E-state index contributed by atoms with van der Waals surface area (Å²) in [6, 6.07) is 18.9. The Labute approximate surface area is 175 Å². The van der Waals surface area contributed by atoms with Crippen molar-refractivity contribution >= 4 is 0 Å². The molecule has 0 bridgehead atoms. The maximum absolute atomic E-state index is 10.2. The first-order valence-corrected chi connectivity index (χ1v) is 10.6. The molecule has 1 aliphatic heterocycles. The number of likely N-dealkylation sites (tertiary alicyclic amines) is 1. The SMILES string of the molecule is CC(C)(O)C#Cc1ccc(CN2CCC[C@@](CO)(CCc3ccccc3)C2)cc1. The van der Waals surface area contributed by atoms with Crippen molar-refractivity contribution in [3.05, 3.63) is 71.3 Å². The Morgan fingerprint density at radius 3 is 2.41 bits per heavy atom. The summed E-state index contributed by atoms with van der Waals surface area (Å²) in [6.07, 6.45) is 4.27. The fourth-order valence-electron chi connectivity index (χ4n) is 4.09. The first kappa shape index (κ1) is 21.6. The number of aryl methyl sites for hydroxylation is 1. The summed E-state index contributed by atoms with van der Waals surface area (Å²) in [6.45, 7) is 6.55. The highest BCUT2D eigenvalue weighted by molar-refractivity contribution is 5.37. The summed E-state index contributed by atoms with van der Waals surface area (Å²) in [4.78, 5) is 2.47. The molecular formula is C26H33NO2. The van der Waals surface area contributed by atoms with Crippen LogP contribution in [0.1, 0.15) is 49.8 Å². The van der Waals surface area contributed by atoms with E-state index in [0.29, 0.717) is 0 Å². The number of nitrogens with zero attached hydrogens (tertiary/aromatic N) is 1. The molecule has 3 rings (SSSR count). The Balaban J connectivity index is 1.60. The minimum absolute atomic E-state index is 0.00772. The van der Waals surface area contributed by atoms with Crippen molar-refractivity contribution in [3.63, 3.8) is 0 Å². The largest absolute Gasteiger partial charge is 0.396 e. The van der Waals surface area contributed by atoms with E-state index in [2.05, 4.69) is 59.2 Å². The van der Waals surface area contributed by atoms with Crippen molar-refractivity contribution in [1.29, 1.82) is 0 Å². The van der Waals surface area contributed by atoms with Crippen molar-refractivity contribution in [1.82, 2.24) is 4.90 Å². The molecule has 0 spiro atoms. The maximum Gasteiger partial charge on any atom is 0.120 e. The Morgan fingerprint density at radius 1 is 1.03 bits per heavy atom. The average molecular weight is 392 g/mol. The van der Waals surface area contributed by atoms with Crippen LogP contribution < -0.4 is 0 Å². The zero-order valence-corrected chi connectivity index (χ0v) is 17.7. The Morgan fingerprint density at radius 2 is 1.76 bits per heavy atom. The summed E-state index contributed by atoms with van der Waals surface area (Å²) < 4.78 is 0. The van der Waals surface area contributed by atoms with E-state index in [1.807, 2.05) is 12.1 Å². The molecule has 1 atom stereocenters. The van der Waals surface area contributed by atoms with Crippen molar-refractivity contribution in [2.75, 3.05) is 19.7 Å². The molecule has 3 heteroatoms. The van der Waals surface area contributed by atoms with Crippen LogP contribution in [0.2, 0.25) is 0 Å². The van der Waals surface area contributed by atoms with E-state index in [0.717, 1.165) is 50.9 Å². The summed E-state index contributed by atoms with van der Waals surface area (Å²) >= 11 is 0. The second kappa shape index (κ2) is 9.59. The van der Waals surface area contributed by atoms with Gasteiger partial charge in [-0.3, -0.25) is 4.90 Å². The highest BCUT2D eigenvalue weighted by Gasteiger charge is 2.34. The number of aliphatic hydroxyl groups excluding tert-OH is 1. The molecule has 29 heavy (non-hydrogen) atoms. The van der Waals surface area contributed by atoms with Gasteiger partial charge in [-0.15, -0.1) is 0 Å². The Bertz CT molecular complexity index is 827. The summed E-state index contributed by atoms with van der Waals surface area (Å²) in [5.74, 6) is 5.88. The van der Waals surface area contributed by atoms with Gasteiger partial charge in [-0.25, -0.2) is 0 Å². The van der Waals surface area contributed by atoms with Crippen LogP contribution >= 0.6 is 0 Å². The monoisotopic (exact) mass is 391 g/mol. The zero-order chi connectivity index (χ0) is 20.7. The van der Waals surface area contributed by atoms with E-state index in [-0.39, 0.29) is 12.0 Å². The van der Waals surface area contributed by atoms with Crippen LogP contribution in [0.25, 0.3) is 0 Å². The highest BCUT2D eigenvalue weighted by atomic mass is 16.3. The smallest absolute Gasteiger partial charge is 0.120 e. The molecule has 1 heterocycles. The molecule has 0 aromatic heterocycles. The number of aliphatic hydroxyl groups is 2. The number of hydrogen-bond acceptors (Lipinski definition) is 3. The molecular weight excluding hydrogens is 358 g/mol. The van der Waals surface area contributed by atoms with Gasteiger partial charge in [0.1, 0.15) is 5.60 Å².